The zero-order chi connectivity index (χ0) is 13.8. The van der Waals surface area contributed by atoms with Crippen LogP contribution in [0, 0.1) is 6.92 Å². The van der Waals surface area contributed by atoms with Gasteiger partial charge in [-0.25, -0.2) is 0 Å². The van der Waals surface area contributed by atoms with E-state index in [0.717, 1.165) is 22.3 Å². The quantitative estimate of drug-likeness (QED) is 0.924. The zero-order valence-corrected chi connectivity index (χ0v) is 12.8. The summed E-state index contributed by atoms with van der Waals surface area (Å²) in [6.07, 6.45) is 0. The summed E-state index contributed by atoms with van der Waals surface area (Å²) in [5.74, 6) is 0. The summed E-state index contributed by atoms with van der Waals surface area (Å²) in [5, 5.41) is 9.46. The van der Waals surface area contributed by atoms with Gasteiger partial charge in [0.15, 0.2) is 0 Å². The molecule has 0 saturated carbocycles. The largest absolute Gasteiger partial charge is 0.392 e. The van der Waals surface area contributed by atoms with Crippen LogP contribution in [0.3, 0.4) is 0 Å². The van der Waals surface area contributed by atoms with Gasteiger partial charge < -0.3 is 10.0 Å². The molecule has 0 bridgehead atoms. The van der Waals surface area contributed by atoms with E-state index < -0.39 is 0 Å². The first-order chi connectivity index (χ1) is 9.11. The molecule has 2 aromatic carbocycles. The maximum absolute atomic E-state index is 9.46. The maximum atomic E-state index is 9.46. The van der Waals surface area contributed by atoms with Crippen LogP contribution in [0.4, 0.5) is 5.69 Å². The normalized spacial score (nSPS) is 10.5. The van der Waals surface area contributed by atoms with Gasteiger partial charge in [0.05, 0.1) is 6.61 Å². The molecule has 0 radical (unpaired) electrons. The Kier molecular flexibility index (Phi) is 4.61. The number of nitrogens with zero attached hydrogens (tertiary/aromatic N) is 1. The summed E-state index contributed by atoms with van der Waals surface area (Å²) in [7, 11) is 2.05. The molecule has 0 aliphatic carbocycles. The first-order valence-electron chi connectivity index (χ1n) is 6.26. The number of anilines is 1. The van der Waals surface area contributed by atoms with Gasteiger partial charge in [-0.2, -0.15) is 0 Å². The third kappa shape index (κ3) is 3.37. The minimum atomic E-state index is 0.0485. The lowest BCUT2D eigenvalue weighted by Gasteiger charge is -2.23. The third-order valence-corrected chi connectivity index (χ3v) is 3.79. The van der Waals surface area contributed by atoms with E-state index >= 15 is 0 Å². The Labute approximate surface area is 122 Å². The van der Waals surface area contributed by atoms with Gasteiger partial charge in [-0.15, -0.1) is 0 Å². The highest BCUT2D eigenvalue weighted by Gasteiger charge is 2.09. The van der Waals surface area contributed by atoms with Gasteiger partial charge in [0.25, 0.3) is 0 Å². The van der Waals surface area contributed by atoms with E-state index in [2.05, 4.69) is 59.1 Å². The van der Waals surface area contributed by atoms with Crippen molar-refractivity contribution in [1.82, 2.24) is 0 Å². The molecule has 0 aromatic heterocycles. The highest BCUT2D eigenvalue weighted by Crippen LogP contribution is 2.25. The molecule has 0 fully saturated rings. The van der Waals surface area contributed by atoms with Crippen molar-refractivity contribution in [3.63, 3.8) is 0 Å². The second-order valence-corrected chi connectivity index (χ2v) is 5.63. The van der Waals surface area contributed by atoms with Crippen LogP contribution in [0.2, 0.25) is 0 Å². The lowest BCUT2D eigenvalue weighted by atomic mass is 10.1. The number of aryl methyl sites for hydroxylation is 1. The second-order valence-electron chi connectivity index (χ2n) is 4.71. The van der Waals surface area contributed by atoms with Crippen LogP contribution in [0.15, 0.2) is 46.9 Å². The molecule has 0 amide bonds. The van der Waals surface area contributed by atoms with Gasteiger partial charge in [-0.05, 0) is 36.2 Å². The molecule has 100 valence electrons. The number of benzene rings is 2. The Morgan fingerprint density at radius 1 is 1.11 bits per heavy atom. The van der Waals surface area contributed by atoms with Gasteiger partial charge in [-0.1, -0.05) is 40.2 Å². The third-order valence-electron chi connectivity index (χ3n) is 3.29. The molecule has 2 aromatic rings. The van der Waals surface area contributed by atoms with Gasteiger partial charge in [0.2, 0.25) is 0 Å². The molecular formula is C16H18BrNO. The van der Waals surface area contributed by atoms with Crippen LogP contribution in [0.5, 0.6) is 0 Å². The Balaban J connectivity index is 2.25. The molecule has 0 saturated heterocycles. The zero-order valence-electron chi connectivity index (χ0n) is 11.2. The molecule has 2 rings (SSSR count). The SMILES string of the molecule is Cc1ccccc1CN(C)c1ccc(Br)cc1CO. The fourth-order valence-electron chi connectivity index (χ4n) is 2.18. The summed E-state index contributed by atoms with van der Waals surface area (Å²) < 4.78 is 0.990. The molecule has 19 heavy (non-hydrogen) atoms. The lowest BCUT2D eigenvalue weighted by Crippen LogP contribution is -2.18. The molecular weight excluding hydrogens is 302 g/mol. The highest BCUT2D eigenvalue weighted by molar-refractivity contribution is 9.10. The molecule has 0 heterocycles. The summed E-state index contributed by atoms with van der Waals surface area (Å²) in [6.45, 7) is 3.01. The molecule has 0 unspecified atom stereocenters. The first kappa shape index (κ1) is 14.1. The van der Waals surface area contributed by atoms with Crippen LogP contribution in [0.25, 0.3) is 0 Å². The second kappa shape index (κ2) is 6.22. The van der Waals surface area contributed by atoms with Crippen molar-refractivity contribution >= 4 is 21.6 Å². The lowest BCUT2D eigenvalue weighted by molar-refractivity contribution is 0.282. The van der Waals surface area contributed by atoms with Crippen molar-refractivity contribution in [3.8, 4) is 0 Å². The minimum absolute atomic E-state index is 0.0485. The van der Waals surface area contributed by atoms with Crippen molar-refractivity contribution in [2.75, 3.05) is 11.9 Å². The molecule has 0 atom stereocenters. The van der Waals surface area contributed by atoms with Crippen LogP contribution in [-0.4, -0.2) is 12.2 Å². The Morgan fingerprint density at radius 2 is 1.84 bits per heavy atom. The standard InChI is InChI=1S/C16H18BrNO/c1-12-5-3-4-6-13(12)10-18(2)16-8-7-15(17)9-14(16)11-19/h3-9,19H,10-11H2,1-2H3. The number of rotatable bonds is 4. The highest BCUT2D eigenvalue weighted by atomic mass is 79.9. The van der Waals surface area contributed by atoms with Crippen LogP contribution in [0.1, 0.15) is 16.7 Å². The van der Waals surface area contributed by atoms with E-state index in [1.54, 1.807) is 0 Å². The van der Waals surface area contributed by atoms with E-state index in [1.807, 2.05) is 18.2 Å². The van der Waals surface area contributed by atoms with E-state index in [1.165, 1.54) is 11.1 Å². The maximum Gasteiger partial charge on any atom is 0.0702 e. The smallest absolute Gasteiger partial charge is 0.0702 e. The Morgan fingerprint density at radius 3 is 2.53 bits per heavy atom. The summed E-state index contributed by atoms with van der Waals surface area (Å²) in [4.78, 5) is 2.17. The molecule has 1 N–H and O–H groups in total. The fraction of sp³-hybridized carbons (Fsp3) is 0.250. The number of halogens is 1. The number of aliphatic hydroxyl groups excluding tert-OH is 1. The first-order valence-corrected chi connectivity index (χ1v) is 7.06. The summed E-state index contributed by atoms with van der Waals surface area (Å²) in [6, 6.07) is 14.4. The van der Waals surface area contributed by atoms with Gasteiger partial charge >= 0.3 is 0 Å². The number of hydrogen-bond donors (Lipinski definition) is 1. The van der Waals surface area contributed by atoms with Crippen molar-refractivity contribution in [2.24, 2.45) is 0 Å². The summed E-state index contributed by atoms with van der Waals surface area (Å²) in [5.41, 5.74) is 4.59. The predicted octanol–water partition coefficient (Wildman–Crippen LogP) is 3.89. The Bertz CT molecular complexity index is 568. The number of hydrogen-bond acceptors (Lipinski definition) is 2. The van der Waals surface area contributed by atoms with Crippen molar-refractivity contribution < 1.29 is 5.11 Å². The van der Waals surface area contributed by atoms with Gasteiger partial charge in [0.1, 0.15) is 0 Å². The summed E-state index contributed by atoms with van der Waals surface area (Å²) >= 11 is 3.44. The van der Waals surface area contributed by atoms with Crippen molar-refractivity contribution in [1.29, 1.82) is 0 Å². The van der Waals surface area contributed by atoms with Crippen LogP contribution < -0.4 is 4.90 Å². The average Bonchev–Trinajstić information content (AvgIpc) is 2.41. The monoisotopic (exact) mass is 319 g/mol. The molecule has 3 heteroatoms. The Hall–Kier alpha value is -1.32. The minimum Gasteiger partial charge on any atom is -0.392 e. The molecule has 2 nitrogen and oxygen atoms in total. The van der Waals surface area contributed by atoms with E-state index in [9.17, 15) is 5.11 Å². The predicted molar refractivity (Wildman–Crippen MR) is 83.4 cm³/mol. The van der Waals surface area contributed by atoms with Gasteiger partial charge in [-0.3, -0.25) is 0 Å². The fourth-order valence-corrected chi connectivity index (χ4v) is 2.59. The van der Waals surface area contributed by atoms with E-state index in [4.69, 9.17) is 0 Å². The van der Waals surface area contributed by atoms with Crippen molar-refractivity contribution in [3.05, 3.63) is 63.6 Å². The average molecular weight is 320 g/mol. The van der Waals surface area contributed by atoms with Crippen LogP contribution in [-0.2, 0) is 13.2 Å². The van der Waals surface area contributed by atoms with Gasteiger partial charge in [0, 0.05) is 29.3 Å². The topological polar surface area (TPSA) is 23.5 Å². The molecule has 0 aliphatic heterocycles. The number of aliphatic hydroxyl groups is 1. The van der Waals surface area contributed by atoms with Crippen LogP contribution >= 0.6 is 15.9 Å². The van der Waals surface area contributed by atoms with E-state index in [-0.39, 0.29) is 6.61 Å². The molecule has 0 aliphatic rings. The molecule has 0 spiro atoms. The van der Waals surface area contributed by atoms with Crippen molar-refractivity contribution in [2.45, 2.75) is 20.1 Å². The van der Waals surface area contributed by atoms with E-state index in [0.29, 0.717) is 0 Å².